The van der Waals surface area contributed by atoms with Gasteiger partial charge in [0.1, 0.15) is 5.69 Å². The highest BCUT2D eigenvalue weighted by molar-refractivity contribution is 7.89. The fourth-order valence-electron chi connectivity index (χ4n) is 4.57. The third-order valence-electron chi connectivity index (χ3n) is 6.56. The minimum absolute atomic E-state index is 0.000383. The van der Waals surface area contributed by atoms with Crippen molar-refractivity contribution in [1.82, 2.24) is 9.29 Å². The van der Waals surface area contributed by atoms with Crippen LogP contribution in [0.5, 0.6) is 0 Å². The van der Waals surface area contributed by atoms with E-state index in [1.165, 1.54) is 21.7 Å². The first kappa shape index (κ1) is 25.1. The molecule has 1 N–H and O–H groups in total. The third kappa shape index (κ3) is 5.15. The lowest BCUT2D eigenvalue weighted by Gasteiger charge is -2.35. The summed E-state index contributed by atoms with van der Waals surface area (Å²) in [5, 5.41) is 15.8. The Labute approximate surface area is 219 Å². The van der Waals surface area contributed by atoms with Gasteiger partial charge in [-0.05, 0) is 49.7 Å². The van der Waals surface area contributed by atoms with Crippen LogP contribution in [0.25, 0.3) is 10.2 Å². The number of nitrogens with one attached hydrogen (secondary N) is 1. The van der Waals surface area contributed by atoms with Crippen LogP contribution in [0.1, 0.15) is 23.5 Å². The normalized spacial score (nSPS) is 15.6. The van der Waals surface area contributed by atoms with Gasteiger partial charge in [-0.25, -0.2) is 13.4 Å². The zero-order valence-corrected chi connectivity index (χ0v) is 22.1. The molecule has 37 heavy (non-hydrogen) atoms. The molecule has 0 spiro atoms. The van der Waals surface area contributed by atoms with Crippen LogP contribution in [0.3, 0.4) is 0 Å². The van der Waals surface area contributed by atoms with Crippen LogP contribution in [-0.2, 0) is 10.0 Å². The summed E-state index contributed by atoms with van der Waals surface area (Å²) in [6.07, 6.45) is 0. The molecule has 11 heteroatoms. The van der Waals surface area contributed by atoms with Crippen molar-refractivity contribution in [1.29, 1.82) is 0 Å². The molecule has 192 valence electrons. The molecule has 1 aliphatic heterocycles. The number of thiazole rings is 1. The zero-order chi connectivity index (χ0) is 26.2. The van der Waals surface area contributed by atoms with Gasteiger partial charge in [-0.3, -0.25) is 10.1 Å². The van der Waals surface area contributed by atoms with E-state index < -0.39 is 14.9 Å². The molecule has 1 aliphatic rings. The lowest BCUT2D eigenvalue weighted by molar-refractivity contribution is -0.384. The second kappa shape index (κ2) is 10.1. The molecule has 5 rings (SSSR count). The molecule has 0 unspecified atom stereocenters. The van der Waals surface area contributed by atoms with E-state index in [-0.39, 0.29) is 16.6 Å². The summed E-state index contributed by atoms with van der Waals surface area (Å²) in [7, 11) is -3.65. The van der Waals surface area contributed by atoms with Gasteiger partial charge in [0, 0.05) is 44.0 Å². The number of aromatic nitrogens is 1. The predicted molar refractivity (Wildman–Crippen MR) is 147 cm³/mol. The summed E-state index contributed by atoms with van der Waals surface area (Å²) in [5.74, 6) is 0. The number of nitrogens with zero attached hydrogens (tertiary/aromatic N) is 4. The number of benzene rings is 3. The van der Waals surface area contributed by atoms with Crippen LogP contribution in [0.4, 0.5) is 17.1 Å². The molecule has 1 atom stereocenters. The minimum Gasteiger partial charge on any atom is -0.373 e. The first-order valence-corrected chi connectivity index (χ1v) is 14.2. The fraction of sp³-hybridized carbons (Fsp3) is 0.269. The quantitative estimate of drug-likeness (QED) is 0.255. The minimum atomic E-state index is -3.65. The van der Waals surface area contributed by atoms with Gasteiger partial charge in [0.2, 0.25) is 10.0 Å². The number of anilines is 2. The van der Waals surface area contributed by atoms with Crippen LogP contribution in [-0.4, -0.2) is 48.8 Å². The zero-order valence-electron chi connectivity index (χ0n) is 20.5. The molecule has 3 aromatic carbocycles. The molecule has 0 bridgehead atoms. The monoisotopic (exact) mass is 537 g/mol. The summed E-state index contributed by atoms with van der Waals surface area (Å²) < 4.78 is 29.1. The standard InChI is InChI=1S/C26H27N5O4S2/c1-18(20-6-4-3-5-7-20)27-23-16-21(8-10-25(23)31(32)33)29-12-14-30(15-13-29)37(34,35)22-9-11-26-24(17-22)28-19(2)36-26/h3-11,16-18,27H,12-15H2,1-2H3/t18-/m1/s1. The number of fused-ring (bicyclic) bond motifs is 1. The van der Waals surface area contributed by atoms with Gasteiger partial charge >= 0.3 is 0 Å². The number of aryl methyl sites for hydroxylation is 1. The SMILES string of the molecule is Cc1nc2cc(S(=O)(=O)N3CCN(c4ccc([N+](=O)[O-])c(N[C@H](C)c5ccccc5)c4)CC3)ccc2s1. The van der Waals surface area contributed by atoms with E-state index >= 15 is 0 Å². The Balaban J connectivity index is 1.32. The summed E-state index contributed by atoms with van der Waals surface area (Å²) in [6.45, 7) is 5.44. The second-order valence-corrected chi connectivity index (χ2v) is 12.2. The largest absolute Gasteiger partial charge is 0.373 e. The molecular formula is C26H27N5O4S2. The summed E-state index contributed by atoms with van der Waals surface area (Å²) in [5.41, 5.74) is 2.95. The van der Waals surface area contributed by atoms with Gasteiger partial charge in [-0.2, -0.15) is 4.31 Å². The van der Waals surface area contributed by atoms with Crippen molar-refractivity contribution in [3.63, 3.8) is 0 Å². The Kier molecular flexibility index (Phi) is 6.84. The Bertz CT molecular complexity index is 1550. The van der Waals surface area contributed by atoms with Crippen molar-refractivity contribution in [3.05, 3.63) is 87.4 Å². The van der Waals surface area contributed by atoms with Crippen molar-refractivity contribution in [2.75, 3.05) is 36.4 Å². The van der Waals surface area contributed by atoms with Crippen LogP contribution < -0.4 is 10.2 Å². The number of rotatable bonds is 7. The van der Waals surface area contributed by atoms with Gasteiger partial charge in [0.15, 0.2) is 0 Å². The van der Waals surface area contributed by atoms with E-state index in [0.29, 0.717) is 37.4 Å². The van der Waals surface area contributed by atoms with E-state index in [4.69, 9.17) is 0 Å². The van der Waals surface area contributed by atoms with Gasteiger partial charge in [0.25, 0.3) is 5.69 Å². The lowest BCUT2D eigenvalue weighted by atomic mass is 10.1. The second-order valence-electron chi connectivity index (χ2n) is 8.99. The van der Waals surface area contributed by atoms with Crippen LogP contribution in [0.2, 0.25) is 0 Å². The van der Waals surface area contributed by atoms with E-state index in [9.17, 15) is 18.5 Å². The smallest absolute Gasteiger partial charge is 0.292 e. The first-order valence-electron chi connectivity index (χ1n) is 11.9. The van der Waals surface area contributed by atoms with Gasteiger partial charge in [-0.15, -0.1) is 11.3 Å². The molecule has 1 aromatic heterocycles. The number of hydrogen-bond donors (Lipinski definition) is 1. The number of hydrogen-bond acceptors (Lipinski definition) is 8. The van der Waals surface area contributed by atoms with Gasteiger partial charge in [-0.1, -0.05) is 30.3 Å². The molecular weight excluding hydrogens is 510 g/mol. The maximum atomic E-state index is 13.3. The van der Waals surface area contributed by atoms with Crippen LogP contribution in [0.15, 0.2) is 71.6 Å². The molecule has 0 amide bonds. The van der Waals surface area contributed by atoms with Crippen LogP contribution in [0, 0.1) is 17.0 Å². The van der Waals surface area contributed by atoms with Crippen molar-refractivity contribution in [2.24, 2.45) is 0 Å². The van der Waals surface area contributed by atoms with E-state index in [2.05, 4.69) is 15.2 Å². The highest BCUT2D eigenvalue weighted by atomic mass is 32.2. The Hall–Kier alpha value is -3.54. The molecule has 2 heterocycles. The molecule has 0 radical (unpaired) electrons. The Morgan fingerprint density at radius 3 is 2.46 bits per heavy atom. The van der Waals surface area contributed by atoms with Crippen molar-refractivity contribution >= 4 is 48.6 Å². The molecule has 0 aliphatic carbocycles. The van der Waals surface area contributed by atoms with Crippen molar-refractivity contribution in [2.45, 2.75) is 24.8 Å². The predicted octanol–water partition coefficient (Wildman–Crippen LogP) is 5.20. The number of nitro benzene ring substituents is 1. The lowest BCUT2D eigenvalue weighted by Crippen LogP contribution is -2.48. The first-order chi connectivity index (χ1) is 17.7. The maximum absolute atomic E-state index is 13.3. The average Bonchev–Trinajstić information content (AvgIpc) is 3.28. The highest BCUT2D eigenvalue weighted by Gasteiger charge is 2.29. The van der Waals surface area contributed by atoms with Gasteiger partial charge < -0.3 is 10.2 Å². The highest BCUT2D eigenvalue weighted by Crippen LogP contribution is 2.33. The number of sulfonamides is 1. The summed E-state index contributed by atoms with van der Waals surface area (Å²) in [6, 6.07) is 19.7. The van der Waals surface area contributed by atoms with E-state index in [1.54, 1.807) is 24.3 Å². The Morgan fingerprint density at radius 1 is 1.03 bits per heavy atom. The molecule has 1 fully saturated rings. The van der Waals surface area contributed by atoms with Crippen molar-refractivity contribution < 1.29 is 13.3 Å². The molecule has 4 aromatic rings. The average molecular weight is 538 g/mol. The number of nitro groups is 1. The fourth-order valence-corrected chi connectivity index (χ4v) is 6.82. The topological polar surface area (TPSA) is 109 Å². The summed E-state index contributed by atoms with van der Waals surface area (Å²) in [4.78, 5) is 18.0. The van der Waals surface area contributed by atoms with E-state index in [0.717, 1.165) is 21.0 Å². The number of piperazine rings is 1. The van der Waals surface area contributed by atoms with Crippen molar-refractivity contribution in [3.8, 4) is 0 Å². The van der Waals surface area contributed by atoms with Crippen LogP contribution >= 0.6 is 11.3 Å². The molecule has 0 saturated carbocycles. The maximum Gasteiger partial charge on any atom is 0.292 e. The Morgan fingerprint density at radius 2 is 1.76 bits per heavy atom. The van der Waals surface area contributed by atoms with E-state index in [1.807, 2.05) is 50.2 Å². The van der Waals surface area contributed by atoms with Gasteiger partial charge in [0.05, 0.1) is 25.0 Å². The molecule has 1 saturated heterocycles. The molecule has 9 nitrogen and oxygen atoms in total. The third-order valence-corrected chi connectivity index (χ3v) is 9.40. The summed E-state index contributed by atoms with van der Waals surface area (Å²) >= 11 is 1.54.